The van der Waals surface area contributed by atoms with Gasteiger partial charge in [-0.25, -0.2) is 4.79 Å². The first-order chi connectivity index (χ1) is 18.2. The molecule has 0 aromatic heterocycles. The fourth-order valence-corrected chi connectivity index (χ4v) is 4.37. The highest BCUT2D eigenvalue weighted by Gasteiger charge is 2.53. The number of ether oxygens (including phenoxy) is 6. The lowest BCUT2D eigenvalue weighted by Crippen LogP contribution is -2.68. The number of carbonyl (C=O) groups is 3. The third-order valence-electron chi connectivity index (χ3n) is 6.30. The maximum atomic E-state index is 12.2. The molecule has 2 aliphatic heterocycles. The van der Waals surface area contributed by atoms with Crippen molar-refractivity contribution >= 4 is 17.7 Å². The fraction of sp³-hybridized carbons (Fsp3) is 0.444. The smallest absolute Gasteiger partial charge is 0.332 e. The summed E-state index contributed by atoms with van der Waals surface area (Å²) >= 11 is 0. The predicted octanol–water partition coefficient (Wildman–Crippen LogP) is 2.48. The van der Waals surface area contributed by atoms with E-state index in [1.807, 2.05) is 0 Å². The van der Waals surface area contributed by atoms with Crippen molar-refractivity contribution in [3.63, 3.8) is 0 Å². The number of aliphatic carboxylic acids is 1. The summed E-state index contributed by atoms with van der Waals surface area (Å²) in [6.45, 7) is 4.24. The SMILES string of the molecule is COc1ccc(C2OCC3OC(Oc4cccc(C(C)=O)c4)C(NC(C)=O)C(OC(C)C(=O)O)C3O2)cc1. The Kier molecular flexibility index (Phi) is 8.62. The van der Waals surface area contributed by atoms with E-state index < -0.39 is 54.9 Å². The van der Waals surface area contributed by atoms with Crippen LogP contribution in [0.1, 0.15) is 43.0 Å². The number of fused-ring (bicyclic) bond motifs is 1. The van der Waals surface area contributed by atoms with Gasteiger partial charge < -0.3 is 38.8 Å². The average Bonchev–Trinajstić information content (AvgIpc) is 2.90. The number of rotatable bonds is 9. The molecule has 7 atom stereocenters. The highest BCUT2D eigenvalue weighted by Crippen LogP contribution is 2.37. The molecule has 0 bridgehead atoms. The number of hydrogen-bond donors (Lipinski definition) is 2. The minimum atomic E-state index is -1.22. The van der Waals surface area contributed by atoms with Crippen LogP contribution in [0.3, 0.4) is 0 Å². The van der Waals surface area contributed by atoms with Gasteiger partial charge in [0.2, 0.25) is 12.2 Å². The Hall–Kier alpha value is -3.51. The molecule has 0 saturated carbocycles. The van der Waals surface area contributed by atoms with E-state index >= 15 is 0 Å². The van der Waals surface area contributed by atoms with Crippen LogP contribution in [-0.4, -0.2) is 73.2 Å². The van der Waals surface area contributed by atoms with E-state index in [0.717, 1.165) is 0 Å². The molecule has 4 rings (SSSR count). The Morgan fingerprint density at radius 2 is 1.79 bits per heavy atom. The fourth-order valence-electron chi connectivity index (χ4n) is 4.37. The molecule has 0 radical (unpaired) electrons. The highest BCUT2D eigenvalue weighted by atomic mass is 16.8. The van der Waals surface area contributed by atoms with Crippen molar-refractivity contribution in [3.8, 4) is 11.5 Å². The summed E-state index contributed by atoms with van der Waals surface area (Å²) in [7, 11) is 1.56. The molecular weight excluding hydrogens is 498 g/mol. The van der Waals surface area contributed by atoms with Crippen molar-refractivity contribution in [2.75, 3.05) is 13.7 Å². The Morgan fingerprint density at radius 1 is 1.05 bits per heavy atom. The van der Waals surface area contributed by atoms with Crippen LogP contribution in [0.15, 0.2) is 48.5 Å². The Morgan fingerprint density at radius 3 is 2.42 bits per heavy atom. The van der Waals surface area contributed by atoms with Crippen LogP contribution >= 0.6 is 0 Å². The molecular formula is C27H31NO10. The zero-order chi connectivity index (χ0) is 27.4. The van der Waals surface area contributed by atoms with Crippen LogP contribution in [0, 0.1) is 0 Å². The molecule has 2 aliphatic rings. The van der Waals surface area contributed by atoms with E-state index in [1.54, 1.807) is 55.6 Å². The van der Waals surface area contributed by atoms with E-state index in [4.69, 9.17) is 28.4 Å². The van der Waals surface area contributed by atoms with Gasteiger partial charge >= 0.3 is 5.97 Å². The van der Waals surface area contributed by atoms with Crippen molar-refractivity contribution in [3.05, 3.63) is 59.7 Å². The second kappa shape index (κ2) is 11.9. The molecule has 2 aromatic carbocycles. The molecule has 11 heteroatoms. The van der Waals surface area contributed by atoms with Crippen LogP contribution in [-0.2, 0) is 28.5 Å². The maximum Gasteiger partial charge on any atom is 0.332 e. The Balaban J connectivity index is 1.64. The number of benzene rings is 2. The van der Waals surface area contributed by atoms with Crippen LogP contribution in [0.5, 0.6) is 11.5 Å². The van der Waals surface area contributed by atoms with Gasteiger partial charge in [-0.1, -0.05) is 24.3 Å². The third kappa shape index (κ3) is 6.30. The molecule has 1 amide bonds. The zero-order valence-electron chi connectivity index (χ0n) is 21.5. The van der Waals surface area contributed by atoms with E-state index in [9.17, 15) is 19.5 Å². The standard InChI is InChI=1S/C27H31NO10/c1-14(29)18-6-5-7-20(12-18)36-27-22(28-16(3)30)24(35-15(2)25(31)32)23-21(37-27)13-34-26(38-23)17-8-10-19(33-4)11-9-17/h5-12,15,21-24,26-27H,13H2,1-4H3,(H,28,30)(H,31,32). The minimum Gasteiger partial charge on any atom is -0.497 e. The predicted molar refractivity (Wildman–Crippen MR) is 132 cm³/mol. The summed E-state index contributed by atoms with van der Waals surface area (Å²) in [4.78, 5) is 35.8. The Bertz CT molecular complexity index is 1150. The molecule has 2 N–H and O–H groups in total. The Labute approximate surface area is 219 Å². The number of nitrogens with one attached hydrogen (secondary N) is 1. The highest BCUT2D eigenvalue weighted by molar-refractivity contribution is 5.94. The molecule has 7 unspecified atom stereocenters. The lowest BCUT2D eigenvalue weighted by atomic mass is 9.95. The second-order valence-corrected chi connectivity index (χ2v) is 9.09. The summed E-state index contributed by atoms with van der Waals surface area (Å²) in [5.74, 6) is -0.734. The molecule has 11 nitrogen and oxygen atoms in total. The molecule has 0 aliphatic carbocycles. The average molecular weight is 530 g/mol. The van der Waals surface area contributed by atoms with Gasteiger partial charge in [-0.2, -0.15) is 0 Å². The quantitative estimate of drug-likeness (QED) is 0.466. The van der Waals surface area contributed by atoms with Gasteiger partial charge in [0.05, 0.1) is 13.7 Å². The summed E-state index contributed by atoms with van der Waals surface area (Å²) < 4.78 is 35.6. The first-order valence-electron chi connectivity index (χ1n) is 12.2. The van der Waals surface area contributed by atoms with Gasteiger partial charge in [0.1, 0.15) is 35.9 Å². The summed E-state index contributed by atoms with van der Waals surface area (Å²) in [6.07, 6.45) is -5.60. The molecule has 0 spiro atoms. The molecule has 38 heavy (non-hydrogen) atoms. The number of hydrogen-bond acceptors (Lipinski definition) is 9. The van der Waals surface area contributed by atoms with Gasteiger partial charge in [0.15, 0.2) is 18.2 Å². The number of Topliss-reactive ketones (excluding diaryl/α,β-unsaturated/α-hetero) is 1. The molecule has 2 heterocycles. The zero-order valence-corrected chi connectivity index (χ0v) is 21.5. The lowest BCUT2D eigenvalue weighted by molar-refractivity contribution is -0.340. The number of ketones is 1. The first kappa shape index (κ1) is 27.5. The van der Waals surface area contributed by atoms with Crippen molar-refractivity contribution < 1.29 is 47.9 Å². The maximum absolute atomic E-state index is 12.2. The van der Waals surface area contributed by atoms with Crippen LogP contribution in [0.25, 0.3) is 0 Å². The summed E-state index contributed by atoms with van der Waals surface area (Å²) in [5.41, 5.74) is 1.15. The number of carbonyl (C=O) groups excluding carboxylic acids is 2. The van der Waals surface area contributed by atoms with Crippen LogP contribution in [0.4, 0.5) is 0 Å². The van der Waals surface area contributed by atoms with Crippen molar-refractivity contribution in [1.29, 1.82) is 0 Å². The first-order valence-corrected chi connectivity index (χ1v) is 12.2. The van der Waals surface area contributed by atoms with Gasteiger partial charge in [0, 0.05) is 18.1 Å². The number of methoxy groups -OCH3 is 1. The van der Waals surface area contributed by atoms with Crippen LogP contribution < -0.4 is 14.8 Å². The topological polar surface area (TPSA) is 139 Å². The third-order valence-corrected chi connectivity index (χ3v) is 6.30. The van der Waals surface area contributed by atoms with E-state index in [1.165, 1.54) is 20.8 Å². The largest absolute Gasteiger partial charge is 0.497 e. The van der Waals surface area contributed by atoms with Crippen molar-refractivity contribution in [2.24, 2.45) is 0 Å². The van der Waals surface area contributed by atoms with Gasteiger partial charge in [-0.3, -0.25) is 9.59 Å². The van der Waals surface area contributed by atoms with Gasteiger partial charge in [0.25, 0.3) is 0 Å². The molecule has 204 valence electrons. The van der Waals surface area contributed by atoms with E-state index in [0.29, 0.717) is 22.6 Å². The van der Waals surface area contributed by atoms with Crippen LogP contribution in [0.2, 0.25) is 0 Å². The molecule has 2 aromatic rings. The van der Waals surface area contributed by atoms with E-state index in [-0.39, 0.29) is 12.4 Å². The lowest BCUT2D eigenvalue weighted by Gasteiger charge is -2.49. The number of carboxylic acid groups (broad SMARTS) is 1. The second-order valence-electron chi connectivity index (χ2n) is 9.09. The van der Waals surface area contributed by atoms with Crippen molar-refractivity contribution in [2.45, 2.75) is 63.8 Å². The minimum absolute atomic E-state index is 0.0861. The summed E-state index contributed by atoms with van der Waals surface area (Å²) in [5, 5.41) is 12.3. The van der Waals surface area contributed by atoms with Gasteiger partial charge in [-0.05, 0) is 38.1 Å². The van der Waals surface area contributed by atoms with E-state index in [2.05, 4.69) is 5.32 Å². The monoisotopic (exact) mass is 529 g/mol. The normalized spacial score (nSPS) is 27.5. The van der Waals surface area contributed by atoms with Gasteiger partial charge in [-0.15, -0.1) is 0 Å². The number of amides is 1. The van der Waals surface area contributed by atoms with Crippen molar-refractivity contribution in [1.82, 2.24) is 5.32 Å². The number of carboxylic acids is 1. The summed E-state index contributed by atoms with van der Waals surface area (Å²) in [6, 6.07) is 12.7. The molecule has 2 saturated heterocycles. The molecule has 2 fully saturated rings.